The first-order valence-corrected chi connectivity index (χ1v) is 6.49. The van der Waals surface area contributed by atoms with Crippen molar-refractivity contribution >= 4 is 0 Å². The molecule has 2 aromatic rings. The lowest BCUT2D eigenvalue weighted by Gasteiger charge is -2.08. The summed E-state index contributed by atoms with van der Waals surface area (Å²) in [6.07, 6.45) is 9.91. The fraction of sp³-hybridized carbons (Fsp3) is 0.357. The second-order valence-electron chi connectivity index (χ2n) is 4.57. The number of hydrogen-bond acceptors (Lipinski definition) is 5. The van der Waals surface area contributed by atoms with E-state index in [9.17, 15) is 0 Å². The highest BCUT2D eigenvalue weighted by molar-refractivity contribution is 5.11. The Labute approximate surface area is 117 Å². The molecule has 1 aliphatic rings. The first-order chi connectivity index (χ1) is 9.90. The van der Waals surface area contributed by atoms with Gasteiger partial charge in [0.1, 0.15) is 12.3 Å². The smallest absolute Gasteiger partial charge is 0.180 e. The predicted molar refractivity (Wildman–Crippen MR) is 72.7 cm³/mol. The summed E-state index contributed by atoms with van der Waals surface area (Å²) >= 11 is 0. The van der Waals surface area contributed by atoms with Crippen LogP contribution >= 0.6 is 0 Å². The van der Waals surface area contributed by atoms with E-state index in [1.165, 1.54) is 6.39 Å². The second kappa shape index (κ2) is 6.17. The maximum absolute atomic E-state index is 5.16. The second-order valence-corrected chi connectivity index (χ2v) is 4.57. The van der Waals surface area contributed by atoms with Crippen molar-refractivity contribution in [3.05, 3.63) is 42.4 Å². The third-order valence-electron chi connectivity index (χ3n) is 2.98. The van der Waals surface area contributed by atoms with Gasteiger partial charge in [0.15, 0.2) is 6.39 Å². The molecule has 0 amide bonds. The first-order valence-electron chi connectivity index (χ1n) is 6.49. The third-order valence-corrected chi connectivity index (χ3v) is 2.98. The summed E-state index contributed by atoms with van der Waals surface area (Å²) in [6, 6.07) is 0. The fourth-order valence-electron chi connectivity index (χ4n) is 1.95. The standard InChI is InChI=1S/C14H15N5O/c1(2-6-18-7-3-4-8-18)5-13-10-19(17-16-13)11-14-9-15-12-20-14/h3-4,9-10,12H,5-8,11H2. The maximum Gasteiger partial charge on any atom is 0.180 e. The van der Waals surface area contributed by atoms with E-state index in [2.05, 4.69) is 44.2 Å². The highest BCUT2D eigenvalue weighted by Crippen LogP contribution is 2.01. The minimum atomic E-state index is 0.542. The summed E-state index contributed by atoms with van der Waals surface area (Å²) in [5.74, 6) is 7.05. The topological polar surface area (TPSA) is 60.0 Å². The Hall–Kier alpha value is -2.39. The molecule has 6 heteroatoms. The van der Waals surface area contributed by atoms with Gasteiger partial charge in [-0.15, -0.1) is 5.10 Å². The van der Waals surface area contributed by atoms with Crippen LogP contribution in [0.2, 0.25) is 0 Å². The Kier molecular flexibility index (Phi) is 3.90. The Morgan fingerprint density at radius 1 is 1.25 bits per heavy atom. The van der Waals surface area contributed by atoms with Crippen LogP contribution in [0.5, 0.6) is 0 Å². The maximum atomic E-state index is 5.16. The monoisotopic (exact) mass is 269 g/mol. The molecule has 0 saturated carbocycles. The number of oxazole rings is 1. The van der Waals surface area contributed by atoms with Crippen LogP contribution in [0, 0.1) is 11.8 Å². The van der Waals surface area contributed by atoms with Gasteiger partial charge in [-0.05, 0) is 0 Å². The van der Waals surface area contributed by atoms with Crippen LogP contribution in [0.1, 0.15) is 11.5 Å². The average Bonchev–Trinajstić information content (AvgIpc) is 3.18. The highest BCUT2D eigenvalue weighted by Gasteiger charge is 2.04. The SMILES string of the molecule is C(#CCN1CC=CC1)Cc1cn(Cc2cnco2)nn1. The van der Waals surface area contributed by atoms with Crippen molar-refractivity contribution in [3.8, 4) is 11.8 Å². The summed E-state index contributed by atoms with van der Waals surface area (Å²) in [4.78, 5) is 6.13. The van der Waals surface area contributed by atoms with Crippen LogP contribution in [0.4, 0.5) is 0 Å². The highest BCUT2D eigenvalue weighted by atomic mass is 16.3. The van der Waals surface area contributed by atoms with E-state index in [1.807, 2.05) is 6.20 Å². The van der Waals surface area contributed by atoms with Gasteiger partial charge in [0.2, 0.25) is 0 Å². The normalized spacial score (nSPS) is 14.4. The molecule has 0 bridgehead atoms. The molecule has 0 saturated heterocycles. The van der Waals surface area contributed by atoms with Crippen molar-refractivity contribution in [2.75, 3.05) is 19.6 Å². The summed E-state index contributed by atoms with van der Waals surface area (Å²) < 4.78 is 6.89. The van der Waals surface area contributed by atoms with E-state index >= 15 is 0 Å². The molecule has 6 nitrogen and oxygen atoms in total. The molecule has 3 heterocycles. The van der Waals surface area contributed by atoms with Crippen molar-refractivity contribution in [2.45, 2.75) is 13.0 Å². The van der Waals surface area contributed by atoms with Gasteiger partial charge >= 0.3 is 0 Å². The third kappa shape index (κ3) is 3.33. The Morgan fingerprint density at radius 2 is 2.15 bits per heavy atom. The van der Waals surface area contributed by atoms with Crippen LogP contribution in [-0.4, -0.2) is 44.5 Å². The lowest BCUT2D eigenvalue weighted by Crippen LogP contribution is -2.19. The Balaban J connectivity index is 1.48. The summed E-state index contributed by atoms with van der Waals surface area (Å²) in [5, 5.41) is 8.13. The lowest BCUT2D eigenvalue weighted by molar-refractivity contribution is 0.399. The molecule has 3 rings (SSSR count). The lowest BCUT2D eigenvalue weighted by atomic mass is 10.3. The fourth-order valence-corrected chi connectivity index (χ4v) is 1.95. The van der Waals surface area contributed by atoms with Gasteiger partial charge in [0, 0.05) is 19.3 Å². The summed E-state index contributed by atoms with van der Waals surface area (Å²) in [5.41, 5.74) is 0.872. The van der Waals surface area contributed by atoms with Crippen molar-refractivity contribution in [2.24, 2.45) is 0 Å². The van der Waals surface area contributed by atoms with E-state index in [0.29, 0.717) is 13.0 Å². The number of aromatic nitrogens is 4. The van der Waals surface area contributed by atoms with Crippen molar-refractivity contribution in [1.82, 2.24) is 24.9 Å². The number of hydrogen-bond donors (Lipinski definition) is 0. The Morgan fingerprint density at radius 3 is 2.95 bits per heavy atom. The van der Waals surface area contributed by atoms with E-state index in [4.69, 9.17) is 4.42 Å². The molecule has 0 N–H and O–H groups in total. The zero-order valence-corrected chi connectivity index (χ0v) is 11.1. The molecule has 0 unspecified atom stereocenters. The Bertz CT molecular complexity index is 624. The van der Waals surface area contributed by atoms with Crippen molar-refractivity contribution in [1.29, 1.82) is 0 Å². The van der Waals surface area contributed by atoms with Gasteiger partial charge in [-0.1, -0.05) is 29.2 Å². The molecule has 20 heavy (non-hydrogen) atoms. The minimum absolute atomic E-state index is 0.542. The van der Waals surface area contributed by atoms with Gasteiger partial charge in [-0.25, -0.2) is 9.67 Å². The van der Waals surface area contributed by atoms with Gasteiger partial charge in [0.25, 0.3) is 0 Å². The van der Waals surface area contributed by atoms with E-state index in [-0.39, 0.29) is 0 Å². The van der Waals surface area contributed by atoms with E-state index in [0.717, 1.165) is 31.1 Å². The van der Waals surface area contributed by atoms with Gasteiger partial charge in [-0.3, -0.25) is 4.90 Å². The molecular weight excluding hydrogens is 254 g/mol. The van der Waals surface area contributed by atoms with Gasteiger partial charge < -0.3 is 4.42 Å². The molecule has 0 aromatic carbocycles. The van der Waals surface area contributed by atoms with E-state index < -0.39 is 0 Å². The van der Waals surface area contributed by atoms with Crippen molar-refractivity contribution < 1.29 is 4.42 Å². The van der Waals surface area contributed by atoms with Crippen LogP contribution in [0.3, 0.4) is 0 Å². The van der Waals surface area contributed by atoms with Gasteiger partial charge in [0.05, 0.1) is 24.9 Å². The summed E-state index contributed by atoms with van der Waals surface area (Å²) in [7, 11) is 0. The molecule has 102 valence electrons. The molecular formula is C14H15N5O. The molecule has 0 fully saturated rings. The summed E-state index contributed by atoms with van der Waals surface area (Å²) in [6.45, 7) is 3.35. The average molecular weight is 269 g/mol. The predicted octanol–water partition coefficient (Wildman–Crippen LogP) is 0.732. The molecule has 0 aliphatic carbocycles. The minimum Gasteiger partial charge on any atom is -0.447 e. The van der Waals surface area contributed by atoms with Gasteiger partial charge in [-0.2, -0.15) is 0 Å². The first kappa shape index (κ1) is 12.6. The van der Waals surface area contributed by atoms with Crippen molar-refractivity contribution in [3.63, 3.8) is 0 Å². The molecule has 2 aromatic heterocycles. The molecule has 0 radical (unpaired) electrons. The van der Waals surface area contributed by atoms with Crippen LogP contribution in [0.15, 0.2) is 35.4 Å². The molecule has 0 spiro atoms. The quantitative estimate of drug-likeness (QED) is 0.605. The zero-order chi connectivity index (χ0) is 13.6. The number of nitrogens with zero attached hydrogens (tertiary/aromatic N) is 5. The molecule has 0 atom stereocenters. The van der Waals surface area contributed by atoms with E-state index in [1.54, 1.807) is 10.9 Å². The van der Waals surface area contributed by atoms with Crippen LogP contribution in [-0.2, 0) is 13.0 Å². The number of rotatable bonds is 4. The molecule has 1 aliphatic heterocycles. The largest absolute Gasteiger partial charge is 0.447 e. The zero-order valence-electron chi connectivity index (χ0n) is 11.1. The van der Waals surface area contributed by atoms with Crippen LogP contribution in [0.25, 0.3) is 0 Å². The van der Waals surface area contributed by atoms with Crippen LogP contribution < -0.4 is 0 Å².